The maximum atomic E-state index is 11.5. The van der Waals surface area contributed by atoms with E-state index >= 15 is 0 Å². The van der Waals surface area contributed by atoms with E-state index in [9.17, 15) is 9.90 Å². The number of aliphatic carboxylic acids is 1. The third-order valence-corrected chi connectivity index (χ3v) is 3.86. The van der Waals surface area contributed by atoms with Gasteiger partial charge in [-0.25, -0.2) is 4.79 Å². The Morgan fingerprint density at radius 2 is 1.83 bits per heavy atom. The minimum atomic E-state index is -0.758. The van der Waals surface area contributed by atoms with Crippen molar-refractivity contribution in [1.29, 1.82) is 0 Å². The molecule has 0 aliphatic heterocycles. The lowest BCUT2D eigenvalue weighted by atomic mass is 9.81. The van der Waals surface area contributed by atoms with Gasteiger partial charge in [0.15, 0.2) is 0 Å². The van der Waals surface area contributed by atoms with E-state index in [2.05, 4.69) is 24.4 Å². The van der Waals surface area contributed by atoms with Crippen molar-refractivity contribution in [3.63, 3.8) is 0 Å². The van der Waals surface area contributed by atoms with Gasteiger partial charge in [0.1, 0.15) is 5.54 Å². The quantitative estimate of drug-likeness (QED) is 0.856. The van der Waals surface area contributed by atoms with Crippen molar-refractivity contribution in [2.24, 2.45) is 0 Å². The van der Waals surface area contributed by atoms with E-state index in [1.54, 1.807) is 0 Å². The number of aryl methyl sites for hydroxylation is 1. The number of hydrogen-bond donors (Lipinski definition) is 2. The normalized spacial score (nSPS) is 18.3. The molecule has 0 amide bonds. The first-order valence-electron chi connectivity index (χ1n) is 6.77. The lowest BCUT2D eigenvalue weighted by molar-refractivity contribution is -0.143. The Kier molecular flexibility index (Phi) is 3.90. The highest BCUT2D eigenvalue weighted by molar-refractivity contribution is 5.83. The topological polar surface area (TPSA) is 49.3 Å². The summed E-state index contributed by atoms with van der Waals surface area (Å²) in [7, 11) is 0. The summed E-state index contributed by atoms with van der Waals surface area (Å²) >= 11 is 0. The van der Waals surface area contributed by atoms with Crippen LogP contribution < -0.4 is 5.32 Å². The van der Waals surface area contributed by atoms with Crippen LogP contribution in [0.5, 0.6) is 0 Å². The van der Waals surface area contributed by atoms with Crippen LogP contribution in [-0.2, 0) is 11.2 Å². The Balaban J connectivity index is 2.15. The lowest BCUT2D eigenvalue weighted by Crippen LogP contribution is -2.47. The lowest BCUT2D eigenvalue weighted by Gasteiger charge is -2.35. The first-order chi connectivity index (χ1) is 8.66. The van der Waals surface area contributed by atoms with Gasteiger partial charge in [0.05, 0.1) is 0 Å². The zero-order valence-electron chi connectivity index (χ0n) is 10.9. The predicted molar refractivity (Wildman–Crippen MR) is 72.9 cm³/mol. The Labute approximate surface area is 108 Å². The van der Waals surface area contributed by atoms with Crippen LogP contribution in [0.3, 0.4) is 0 Å². The number of carboxylic acids is 1. The van der Waals surface area contributed by atoms with Gasteiger partial charge < -0.3 is 10.4 Å². The largest absolute Gasteiger partial charge is 0.480 e. The van der Waals surface area contributed by atoms with Gasteiger partial charge in [0.25, 0.3) is 0 Å². The molecule has 2 rings (SSSR count). The fourth-order valence-electron chi connectivity index (χ4n) is 2.65. The minimum absolute atomic E-state index is 0.720. The zero-order valence-corrected chi connectivity index (χ0v) is 10.9. The first kappa shape index (κ1) is 12.9. The summed E-state index contributed by atoms with van der Waals surface area (Å²) in [6, 6.07) is 8.08. The standard InChI is InChI=1S/C15H21NO2/c1-2-12-6-8-13(9-7-12)16-15(14(17)18)10-4-3-5-11-15/h6-9,16H,2-5,10-11H2,1H3,(H,17,18). The first-order valence-corrected chi connectivity index (χ1v) is 6.77. The highest BCUT2D eigenvalue weighted by Gasteiger charge is 2.39. The second kappa shape index (κ2) is 5.42. The van der Waals surface area contributed by atoms with Crippen LogP contribution in [0.1, 0.15) is 44.6 Å². The van der Waals surface area contributed by atoms with E-state index in [1.807, 2.05) is 12.1 Å². The molecule has 3 heteroatoms. The van der Waals surface area contributed by atoms with E-state index in [4.69, 9.17) is 0 Å². The molecule has 0 heterocycles. The van der Waals surface area contributed by atoms with Gasteiger partial charge in [0, 0.05) is 5.69 Å². The van der Waals surface area contributed by atoms with Crippen molar-refractivity contribution >= 4 is 11.7 Å². The van der Waals surface area contributed by atoms with Crippen molar-refractivity contribution in [3.05, 3.63) is 29.8 Å². The van der Waals surface area contributed by atoms with Gasteiger partial charge in [-0.05, 0) is 37.0 Å². The Hall–Kier alpha value is -1.51. The summed E-state index contributed by atoms with van der Waals surface area (Å²) < 4.78 is 0. The SMILES string of the molecule is CCc1ccc(NC2(C(=O)O)CCCCC2)cc1. The maximum Gasteiger partial charge on any atom is 0.329 e. The fraction of sp³-hybridized carbons (Fsp3) is 0.533. The van der Waals surface area contributed by atoms with E-state index in [1.165, 1.54) is 5.56 Å². The van der Waals surface area contributed by atoms with Crippen LogP contribution in [0.2, 0.25) is 0 Å². The average Bonchev–Trinajstić information content (AvgIpc) is 2.40. The van der Waals surface area contributed by atoms with Crippen LogP contribution in [-0.4, -0.2) is 16.6 Å². The van der Waals surface area contributed by atoms with Crippen molar-refractivity contribution < 1.29 is 9.90 Å². The van der Waals surface area contributed by atoms with Gasteiger partial charge >= 0.3 is 5.97 Å². The third kappa shape index (κ3) is 2.66. The number of nitrogens with one attached hydrogen (secondary N) is 1. The number of hydrogen-bond acceptors (Lipinski definition) is 2. The number of anilines is 1. The van der Waals surface area contributed by atoms with Gasteiger partial charge in [-0.15, -0.1) is 0 Å². The maximum absolute atomic E-state index is 11.5. The summed E-state index contributed by atoms with van der Waals surface area (Å²) in [5.74, 6) is -0.721. The molecular formula is C15H21NO2. The second-order valence-electron chi connectivity index (χ2n) is 5.12. The van der Waals surface area contributed by atoms with E-state index < -0.39 is 11.5 Å². The molecule has 0 radical (unpaired) electrons. The van der Waals surface area contributed by atoms with Gasteiger partial charge in [-0.2, -0.15) is 0 Å². The van der Waals surface area contributed by atoms with Crippen LogP contribution in [0.15, 0.2) is 24.3 Å². The van der Waals surface area contributed by atoms with Gasteiger partial charge in [-0.1, -0.05) is 38.3 Å². The Morgan fingerprint density at radius 3 is 2.33 bits per heavy atom. The van der Waals surface area contributed by atoms with Crippen molar-refractivity contribution in [2.45, 2.75) is 51.0 Å². The van der Waals surface area contributed by atoms with Crippen molar-refractivity contribution in [2.75, 3.05) is 5.32 Å². The van der Waals surface area contributed by atoms with Crippen LogP contribution in [0.4, 0.5) is 5.69 Å². The number of carboxylic acid groups (broad SMARTS) is 1. The molecule has 1 aromatic carbocycles. The van der Waals surface area contributed by atoms with Gasteiger partial charge in [-0.3, -0.25) is 0 Å². The monoisotopic (exact) mass is 247 g/mol. The predicted octanol–water partition coefficient (Wildman–Crippen LogP) is 3.45. The van der Waals surface area contributed by atoms with Crippen molar-refractivity contribution in [1.82, 2.24) is 0 Å². The molecule has 98 valence electrons. The minimum Gasteiger partial charge on any atom is -0.480 e. The van der Waals surface area contributed by atoms with Gasteiger partial charge in [0.2, 0.25) is 0 Å². The Morgan fingerprint density at radius 1 is 1.22 bits per heavy atom. The molecule has 18 heavy (non-hydrogen) atoms. The number of rotatable bonds is 4. The Bertz CT molecular complexity index is 405. The molecule has 1 aliphatic rings. The molecule has 1 fully saturated rings. The second-order valence-corrected chi connectivity index (χ2v) is 5.12. The van der Waals surface area contributed by atoms with Crippen molar-refractivity contribution in [3.8, 4) is 0 Å². The summed E-state index contributed by atoms with van der Waals surface area (Å²) in [4.78, 5) is 11.5. The smallest absolute Gasteiger partial charge is 0.329 e. The van der Waals surface area contributed by atoms with Crippen LogP contribution in [0.25, 0.3) is 0 Å². The van der Waals surface area contributed by atoms with Crippen LogP contribution in [0, 0.1) is 0 Å². The van der Waals surface area contributed by atoms with E-state index in [0.717, 1.165) is 44.2 Å². The number of carbonyl (C=O) groups is 1. The molecule has 1 saturated carbocycles. The fourth-order valence-corrected chi connectivity index (χ4v) is 2.65. The third-order valence-electron chi connectivity index (χ3n) is 3.86. The van der Waals surface area contributed by atoms with Crippen LogP contribution >= 0.6 is 0 Å². The van der Waals surface area contributed by atoms with E-state index in [-0.39, 0.29) is 0 Å². The molecule has 0 spiro atoms. The highest BCUT2D eigenvalue weighted by Crippen LogP contribution is 2.32. The summed E-state index contributed by atoms with van der Waals surface area (Å²) in [5.41, 5.74) is 1.43. The number of benzene rings is 1. The summed E-state index contributed by atoms with van der Waals surface area (Å²) in [6.45, 7) is 2.11. The zero-order chi connectivity index (χ0) is 13.0. The molecule has 0 bridgehead atoms. The molecule has 1 aliphatic carbocycles. The molecule has 0 aromatic heterocycles. The summed E-state index contributed by atoms with van der Waals surface area (Å²) in [5, 5.41) is 12.7. The van der Waals surface area contributed by atoms with E-state index in [0.29, 0.717) is 0 Å². The molecule has 1 aromatic rings. The average molecular weight is 247 g/mol. The molecule has 0 unspecified atom stereocenters. The molecule has 2 N–H and O–H groups in total. The molecular weight excluding hydrogens is 226 g/mol. The highest BCUT2D eigenvalue weighted by atomic mass is 16.4. The molecule has 0 saturated heterocycles. The summed E-state index contributed by atoms with van der Waals surface area (Å²) in [6.07, 6.45) is 5.57. The molecule has 0 atom stereocenters. The molecule has 3 nitrogen and oxygen atoms in total.